The fraction of sp³-hybridized carbons (Fsp3) is 0.438. The van der Waals surface area contributed by atoms with Crippen LogP contribution >= 0.6 is 0 Å². The number of amides is 4. The highest BCUT2D eigenvalue weighted by Gasteiger charge is 2.45. The van der Waals surface area contributed by atoms with Crippen molar-refractivity contribution in [3.63, 3.8) is 0 Å². The van der Waals surface area contributed by atoms with E-state index in [4.69, 9.17) is 0 Å². The summed E-state index contributed by atoms with van der Waals surface area (Å²) in [6.45, 7) is 2.77. The molecule has 4 amide bonds. The number of nitrogens with zero attached hydrogens (tertiary/aromatic N) is 3. The van der Waals surface area contributed by atoms with Gasteiger partial charge in [-0.1, -0.05) is 6.07 Å². The first-order valence-electron chi connectivity index (χ1n) is 8.52. The summed E-state index contributed by atoms with van der Waals surface area (Å²) in [4.78, 5) is 38.3. The second kappa shape index (κ2) is 7.33. The van der Waals surface area contributed by atoms with Gasteiger partial charge < -0.3 is 4.90 Å². The Morgan fingerprint density at radius 3 is 2.26 bits per heavy atom. The van der Waals surface area contributed by atoms with Gasteiger partial charge in [-0.25, -0.2) is 22.5 Å². The van der Waals surface area contributed by atoms with E-state index < -0.39 is 33.7 Å². The molecule has 1 N–H and O–H groups in total. The van der Waals surface area contributed by atoms with Crippen LogP contribution in [0.4, 0.5) is 9.18 Å². The van der Waals surface area contributed by atoms with Crippen molar-refractivity contribution >= 4 is 27.9 Å². The molecule has 3 rings (SSSR count). The number of hydrogen-bond donors (Lipinski definition) is 1. The molecule has 2 aliphatic heterocycles. The van der Waals surface area contributed by atoms with Crippen molar-refractivity contribution in [2.24, 2.45) is 0 Å². The summed E-state index contributed by atoms with van der Waals surface area (Å²) >= 11 is 0. The average molecular weight is 399 g/mol. The number of likely N-dealkylation sites (N-methyl/N-ethyl adjacent to an activating group) is 1. The predicted octanol–water partition coefficient (Wildman–Crippen LogP) is -1.52. The Balaban J connectivity index is 1.63. The number of hydrogen-bond acceptors (Lipinski definition) is 5. The van der Waals surface area contributed by atoms with Crippen molar-refractivity contribution in [2.45, 2.75) is 11.8 Å². The Morgan fingerprint density at radius 2 is 1.70 bits per heavy atom. The van der Waals surface area contributed by atoms with Gasteiger partial charge in [-0.15, -0.1) is 0 Å². The van der Waals surface area contributed by atoms with E-state index in [9.17, 15) is 27.2 Å². The standard InChI is InChI=1S/C16H19FN4O5S/c1-2-20-14(22)15(23)21(16(20)24)11-18-6-8-19(9-7-18)27(25,26)13-5-3-4-12(17)10-13/h3-5,10H,2,6-9,11H2,1H3/p+1. The van der Waals surface area contributed by atoms with E-state index in [1.807, 2.05) is 0 Å². The average Bonchev–Trinajstić information content (AvgIpc) is 2.85. The molecule has 2 heterocycles. The first kappa shape index (κ1) is 19.4. The lowest BCUT2D eigenvalue weighted by molar-refractivity contribution is -0.910. The van der Waals surface area contributed by atoms with Crippen LogP contribution in [0.5, 0.6) is 0 Å². The minimum atomic E-state index is -3.81. The Hall–Kier alpha value is -2.37. The maximum Gasteiger partial charge on any atom is 0.338 e. The van der Waals surface area contributed by atoms with Crippen molar-refractivity contribution in [3.8, 4) is 0 Å². The molecule has 1 aromatic carbocycles. The first-order chi connectivity index (χ1) is 12.8. The molecule has 2 saturated heterocycles. The van der Waals surface area contributed by atoms with Crippen LogP contribution in [0.25, 0.3) is 0 Å². The van der Waals surface area contributed by atoms with E-state index >= 15 is 0 Å². The number of carbonyl (C=O) groups is 3. The molecule has 0 unspecified atom stereocenters. The summed E-state index contributed by atoms with van der Waals surface area (Å²) in [5.41, 5.74) is 0. The fourth-order valence-electron chi connectivity index (χ4n) is 3.17. The predicted molar refractivity (Wildman–Crippen MR) is 90.4 cm³/mol. The van der Waals surface area contributed by atoms with Crippen LogP contribution in [0.3, 0.4) is 0 Å². The molecule has 2 fully saturated rings. The maximum absolute atomic E-state index is 13.3. The normalized spacial score (nSPS) is 20.0. The molecule has 1 aromatic rings. The van der Waals surface area contributed by atoms with Crippen molar-refractivity contribution in [1.82, 2.24) is 14.1 Å². The third-order valence-electron chi connectivity index (χ3n) is 4.70. The molecule has 0 atom stereocenters. The molecule has 0 bridgehead atoms. The summed E-state index contributed by atoms with van der Waals surface area (Å²) in [6.07, 6.45) is 0. The number of quaternary nitrogens is 1. The van der Waals surface area contributed by atoms with Crippen molar-refractivity contribution in [3.05, 3.63) is 30.1 Å². The Bertz CT molecular complexity index is 883. The zero-order valence-corrected chi connectivity index (χ0v) is 15.5. The molecule has 2 aliphatic rings. The summed E-state index contributed by atoms with van der Waals surface area (Å²) in [5.74, 6) is -2.32. The van der Waals surface area contributed by atoms with Gasteiger partial charge in [0.25, 0.3) is 0 Å². The Kier molecular flexibility index (Phi) is 5.27. The Morgan fingerprint density at radius 1 is 1.07 bits per heavy atom. The topological polar surface area (TPSA) is 99.5 Å². The molecule has 11 heteroatoms. The molecular weight excluding hydrogens is 379 g/mol. The van der Waals surface area contributed by atoms with Gasteiger partial charge in [0.1, 0.15) is 5.82 Å². The highest BCUT2D eigenvalue weighted by atomic mass is 32.2. The van der Waals surface area contributed by atoms with Crippen LogP contribution in [0.1, 0.15) is 6.92 Å². The summed E-state index contributed by atoms with van der Waals surface area (Å²) in [7, 11) is -3.81. The van der Waals surface area contributed by atoms with Gasteiger partial charge in [0, 0.05) is 6.54 Å². The van der Waals surface area contributed by atoms with Gasteiger partial charge in [0.05, 0.1) is 31.1 Å². The second-order valence-electron chi connectivity index (χ2n) is 6.33. The number of sulfonamides is 1. The van der Waals surface area contributed by atoms with E-state index in [0.717, 1.165) is 20.8 Å². The smallest absolute Gasteiger partial charge is 0.315 e. The number of urea groups is 1. The third-order valence-corrected chi connectivity index (χ3v) is 6.59. The summed E-state index contributed by atoms with van der Waals surface area (Å²) in [5, 5.41) is 0. The molecule has 146 valence electrons. The zero-order chi connectivity index (χ0) is 19.8. The van der Waals surface area contributed by atoms with E-state index in [0.29, 0.717) is 13.1 Å². The number of carbonyl (C=O) groups excluding carboxylic acids is 3. The monoisotopic (exact) mass is 399 g/mol. The van der Waals surface area contributed by atoms with Crippen LogP contribution in [-0.4, -0.2) is 79.8 Å². The number of benzene rings is 1. The van der Waals surface area contributed by atoms with Gasteiger partial charge >= 0.3 is 17.8 Å². The molecule has 27 heavy (non-hydrogen) atoms. The number of nitrogens with one attached hydrogen (secondary N) is 1. The minimum absolute atomic E-state index is 0.00770. The molecular formula is C16H20FN4O5S+. The summed E-state index contributed by atoms with van der Waals surface area (Å²) < 4.78 is 39.8. The molecule has 0 radical (unpaired) electrons. The number of imide groups is 2. The molecule has 9 nitrogen and oxygen atoms in total. The lowest BCUT2D eigenvalue weighted by Gasteiger charge is -2.32. The van der Waals surface area contributed by atoms with Crippen LogP contribution in [0.15, 0.2) is 29.2 Å². The van der Waals surface area contributed by atoms with Crippen LogP contribution < -0.4 is 4.90 Å². The van der Waals surface area contributed by atoms with Gasteiger partial charge in [-0.2, -0.15) is 4.31 Å². The van der Waals surface area contributed by atoms with Crippen molar-refractivity contribution < 1.29 is 32.1 Å². The quantitative estimate of drug-likeness (QED) is 0.479. The minimum Gasteiger partial charge on any atom is -0.315 e. The van der Waals surface area contributed by atoms with E-state index in [1.165, 1.54) is 22.5 Å². The van der Waals surface area contributed by atoms with Crippen molar-refractivity contribution in [1.29, 1.82) is 0 Å². The van der Waals surface area contributed by atoms with Gasteiger partial charge in [-0.3, -0.25) is 14.5 Å². The molecule has 0 saturated carbocycles. The fourth-order valence-corrected chi connectivity index (χ4v) is 4.64. The van der Waals surface area contributed by atoms with Crippen LogP contribution in [0, 0.1) is 5.82 Å². The number of halogens is 1. The van der Waals surface area contributed by atoms with Gasteiger partial charge in [0.15, 0.2) is 6.67 Å². The number of piperazine rings is 1. The summed E-state index contributed by atoms with van der Waals surface area (Å²) in [6, 6.07) is 4.18. The highest BCUT2D eigenvalue weighted by molar-refractivity contribution is 7.89. The number of rotatable bonds is 5. The SMILES string of the molecule is CCN1C(=O)C(=O)N(C[NH+]2CCN(S(=O)(=O)c3cccc(F)c3)CC2)C1=O. The molecule has 0 aromatic heterocycles. The third kappa shape index (κ3) is 3.57. The van der Waals surface area contributed by atoms with E-state index in [1.54, 1.807) is 6.92 Å². The largest absolute Gasteiger partial charge is 0.338 e. The lowest BCUT2D eigenvalue weighted by atomic mass is 10.3. The highest BCUT2D eigenvalue weighted by Crippen LogP contribution is 2.16. The lowest BCUT2D eigenvalue weighted by Crippen LogP contribution is -3.16. The molecule has 0 aliphatic carbocycles. The van der Waals surface area contributed by atoms with Gasteiger partial charge in [0.2, 0.25) is 10.0 Å². The van der Waals surface area contributed by atoms with E-state index in [2.05, 4.69) is 0 Å². The zero-order valence-electron chi connectivity index (χ0n) is 14.7. The Labute approximate surface area is 156 Å². The van der Waals surface area contributed by atoms with Crippen LogP contribution in [-0.2, 0) is 19.6 Å². The first-order valence-corrected chi connectivity index (χ1v) is 9.96. The van der Waals surface area contributed by atoms with E-state index in [-0.39, 0.29) is 31.2 Å². The van der Waals surface area contributed by atoms with Crippen molar-refractivity contribution in [2.75, 3.05) is 39.4 Å². The second-order valence-corrected chi connectivity index (χ2v) is 8.27. The maximum atomic E-state index is 13.3. The van der Waals surface area contributed by atoms with Gasteiger partial charge in [-0.05, 0) is 25.1 Å². The molecule has 0 spiro atoms. The van der Waals surface area contributed by atoms with Crippen LogP contribution in [0.2, 0.25) is 0 Å².